The fourth-order valence-electron chi connectivity index (χ4n) is 4.66. The van der Waals surface area contributed by atoms with Gasteiger partial charge in [-0.2, -0.15) is 9.13 Å². The minimum atomic E-state index is 0.0207. The van der Waals surface area contributed by atoms with Gasteiger partial charge in [-0.15, -0.1) is 0 Å². The van der Waals surface area contributed by atoms with Gasteiger partial charge in [-0.05, 0) is 34.9 Å². The van der Waals surface area contributed by atoms with E-state index in [1.54, 1.807) is 6.07 Å². The van der Waals surface area contributed by atoms with Crippen LogP contribution in [-0.4, -0.2) is 10.9 Å². The van der Waals surface area contributed by atoms with Gasteiger partial charge in [0.15, 0.2) is 30.6 Å². The van der Waals surface area contributed by atoms with Crippen LogP contribution in [0.5, 0.6) is 5.75 Å². The highest BCUT2D eigenvalue weighted by Crippen LogP contribution is 2.30. The van der Waals surface area contributed by atoms with E-state index in [2.05, 4.69) is 24.3 Å². The second kappa shape index (κ2) is 10.6. The van der Waals surface area contributed by atoms with Crippen LogP contribution in [0.3, 0.4) is 0 Å². The van der Waals surface area contributed by atoms with E-state index in [1.807, 2.05) is 131 Å². The molecule has 0 saturated heterocycles. The maximum absolute atomic E-state index is 12.7. The number of hydrogen-bond donors (Lipinski definition) is 1. The van der Waals surface area contributed by atoms with Crippen molar-refractivity contribution in [2.24, 2.45) is 0 Å². The smallest absolute Gasteiger partial charge is 0.211 e. The van der Waals surface area contributed by atoms with Gasteiger partial charge < -0.3 is 5.11 Å². The summed E-state index contributed by atoms with van der Waals surface area (Å²) >= 11 is 0. The Morgan fingerprint density at radius 2 is 0.974 bits per heavy atom. The van der Waals surface area contributed by atoms with Crippen LogP contribution in [0.4, 0.5) is 0 Å². The van der Waals surface area contributed by atoms with Crippen molar-refractivity contribution in [3.05, 3.63) is 163 Å². The second-order valence-corrected chi connectivity index (χ2v) is 9.30. The van der Waals surface area contributed by atoms with E-state index in [-0.39, 0.29) is 11.5 Å². The normalized spacial score (nSPS) is 10.8. The van der Waals surface area contributed by atoms with Crippen LogP contribution in [0.15, 0.2) is 152 Å². The molecule has 0 spiro atoms. The third-order valence-electron chi connectivity index (χ3n) is 6.82. The molecule has 4 nitrogen and oxygen atoms in total. The lowest BCUT2D eigenvalue weighted by molar-refractivity contribution is -0.596. The van der Waals surface area contributed by atoms with Crippen molar-refractivity contribution in [2.45, 2.75) is 0 Å². The van der Waals surface area contributed by atoms with Gasteiger partial charge in [0.25, 0.3) is 0 Å². The molecule has 0 atom stereocenters. The van der Waals surface area contributed by atoms with Gasteiger partial charge in [0.2, 0.25) is 11.4 Å². The third kappa shape index (κ3) is 5.09. The highest BCUT2D eigenvalue weighted by molar-refractivity contribution is 6.09. The van der Waals surface area contributed by atoms with E-state index < -0.39 is 0 Å². The van der Waals surface area contributed by atoms with E-state index in [0.29, 0.717) is 11.1 Å². The fraction of sp³-hybridized carbons (Fsp3) is 0. The second-order valence-electron chi connectivity index (χ2n) is 9.30. The van der Waals surface area contributed by atoms with Crippen LogP contribution >= 0.6 is 0 Å². The number of aromatic hydroxyl groups is 1. The maximum atomic E-state index is 12.7. The zero-order chi connectivity index (χ0) is 26.6. The number of carbonyl (C=O) groups is 1. The summed E-state index contributed by atoms with van der Waals surface area (Å²) in [6.07, 6.45) is 8.10. The van der Waals surface area contributed by atoms with Gasteiger partial charge in [-0.1, -0.05) is 60.7 Å². The Morgan fingerprint density at radius 3 is 1.56 bits per heavy atom. The molecule has 0 aliphatic heterocycles. The first-order valence-electron chi connectivity index (χ1n) is 12.8. The van der Waals surface area contributed by atoms with Crippen molar-refractivity contribution in [1.29, 1.82) is 0 Å². The van der Waals surface area contributed by atoms with Crippen LogP contribution in [0.25, 0.3) is 33.6 Å². The predicted molar refractivity (Wildman–Crippen MR) is 152 cm³/mol. The summed E-state index contributed by atoms with van der Waals surface area (Å²) in [7, 11) is 0. The lowest BCUT2D eigenvalue weighted by Gasteiger charge is -2.06. The van der Waals surface area contributed by atoms with E-state index in [1.165, 1.54) is 0 Å². The molecular formula is C35H26N2O2+2. The number of phenols is 1. The average molecular weight is 507 g/mol. The Kier molecular flexibility index (Phi) is 6.50. The molecule has 0 fully saturated rings. The molecule has 0 saturated carbocycles. The van der Waals surface area contributed by atoms with Crippen LogP contribution in [-0.2, 0) is 0 Å². The van der Waals surface area contributed by atoms with Crippen molar-refractivity contribution >= 4 is 5.78 Å². The van der Waals surface area contributed by atoms with Crippen LogP contribution in [0.2, 0.25) is 0 Å². The first-order chi connectivity index (χ1) is 19.2. The van der Waals surface area contributed by atoms with Gasteiger partial charge in [0, 0.05) is 65.2 Å². The fourth-order valence-corrected chi connectivity index (χ4v) is 4.66. The van der Waals surface area contributed by atoms with Gasteiger partial charge in [-0.25, -0.2) is 0 Å². The number of carbonyl (C=O) groups excluding carboxylic acids is 1. The van der Waals surface area contributed by atoms with Crippen molar-refractivity contribution < 1.29 is 19.0 Å². The monoisotopic (exact) mass is 506 g/mol. The molecule has 0 bridgehead atoms. The van der Waals surface area contributed by atoms with Crippen LogP contribution < -0.4 is 9.13 Å². The largest absolute Gasteiger partial charge is 0.507 e. The zero-order valence-electron chi connectivity index (χ0n) is 21.2. The van der Waals surface area contributed by atoms with Crippen LogP contribution in [0.1, 0.15) is 15.9 Å². The number of phenolic OH excluding ortho intramolecular Hbond substituents is 1. The van der Waals surface area contributed by atoms with E-state index >= 15 is 0 Å². The Balaban J connectivity index is 1.19. The van der Waals surface area contributed by atoms with Gasteiger partial charge in [-0.3, -0.25) is 4.79 Å². The topological polar surface area (TPSA) is 45.1 Å². The zero-order valence-corrected chi connectivity index (χ0v) is 21.2. The molecule has 2 heterocycles. The molecule has 1 N–H and O–H groups in total. The lowest BCUT2D eigenvalue weighted by Crippen LogP contribution is -2.29. The third-order valence-corrected chi connectivity index (χ3v) is 6.82. The molecule has 0 radical (unpaired) electrons. The molecule has 4 heteroatoms. The van der Waals surface area contributed by atoms with E-state index in [0.717, 1.165) is 33.6 Å². The summed E-state index contributed by atoms with van der Waals surface area (Å²) in [5, 5.41) is 10.4. The molecule has 0 aliphatic rings. The Labute approximate surface area is 227 Å². The summed E-state index contributed by atoms with van der Waals surface area (Å²) < 4.78 is 4.07. The Hall–Kier alpha value is -5.35. The first kappa shape index (κ1) is 24.0. The van der Waals surface area contributed by atoms with Crippen molar-refractivity contribution in [3.8, 4) is 39.4 Å². The van der Waals surface area contributed by atoms with Gasteiger partial charge >= 0.3 is 0 Å². The quantitative estimate of drug-likeness (QED) is 0.207. The molecule has 2 aromatic heterocycles. The predicted octanol–water partition coefficient (Wildman–Crippen LogP) is 6.51. The van der Waals surface area contributed by atoms with E-state index in [9.17, 15) is 9.90 Å². The number of nitrogens with zero attached hydrogens (tertiary/aromatic N) is 2. The SMILES string of the molecule is O=C(c1ccccc1)c1ccc(-[n+]2ccc(-c3cc[n+](-c4ccc(O)c(-c5ccccc5)c4)cc3)cc2)cc1. The highest BCUT2D eigenvalue weighted by Gasteiger charge is 2.14. The number of benzene rings is 4. The number of hydrogen-bond acceptors (Lipinski definition) is 2. The number of pyridine rings is 2. The molecule has 39 heavy (non-hydrogen) atoms. The van der Waals surface area contributed by atoms with Crippen molar-refractivity contribution in [2.75, 3.05) is 0 Å². The summed E-state index contributed by atoms with van der Waals surface area (Å²) in [6, 6.07) is 40.8. The number of ketones is 1. The van der Waals surface area contributed by atoms with Crippen molar-refractivity contribution in [1.82, 2.24) is 0 Å². The molecule has 0 amide bonds. The minimum Gasteiger partial charge on any atom is -0.507 e. The van der Waals surface area contributed by atoms with Crippen LogP contribution in [0, 0.1) is 0 Å². The lowest BCUT2D eigenvalue weighted by atomic mass is 10.0. The van der Waals surface area contributed by atoms with Gasteiger partial charge in [0.05, 0.1) is 0 Å². The highest BCUT2D eigenvalue weighted by atomic mass is 16.3. The summed E-state index contributed by atoms with van der Waals surface area (Å²) in [5.41, 5.74) is 7.29. The standard InChI is InChI=1S/C35H25N2O2/c38-34-16-15-32(25-33(34)28-7-3-1-4-8-28)37-23-19-27(20-24-37)26-17-21-36(22-18-26)31-13-11-30(12-14-31)35(39)29-9-5-2-6-10-29/h1-25H/q+1/p+1. The summed E-state index contributed by atoms with van der Waals surface area (Å²) in [6.45, 7) is 0. The molecular weight excluding hydrogens is 480 g/mol. The molecule has 0 unspecified atom stereocenters. The Morgan fingerprint density at radius 1 is 0.487 bits per heavy atom. The summed E-state index contributed by atoms with van der Waals surface area (Å²) in [4.78, 5) is 12.7. The molecule has 4 aromatic carbocycles. The average Bonchev–Trinajstić information content (AvgIpc) is 3.02. The molecule has 6 aromatic rings. The molecule has 186 valence electrons. The minimum absolute atomic E-state index is 0.0207. The number of aromatic nitrogens is 2. The van der Waals surface area contributed by atoms with E-state index in [4.69, 9.17) is 0 Å². The first-order valence-corrected chi connectivity index (χ1v) is 12.8. The maximum Gasteiger partial charge on any atom is 0.211 e. The van der Waals surface area contributed by atoms with Gasteiger partial charge in [0.1, 0.15) is 5.75 Å². The molecule has 6 rings (SSSR count). The Bertz CT molecular complexity index is 1730. The molecule has 0 aliphatic carbocycles. The summed E-state index contributed by atoms with van der Waals surface area (Å²) in [5.74, 6) is 0.282. The van der Waals surface area contributed by atoms with Crippen molar-refractivity contribution in [3.63, 3.8) is 0 Å². The number of rotatable bonds is 6.